The van der Waals surface area contributed by atoms with Crippen molar-refractivity contribution >= 4 is 0 Å². The van der Waals surface area contributed by atoms with Crippen molar-refractivity contribution in [2.24, 2.45) is 11.8 Å². The molecular weight excluding hydrogens is 220 g/mol. The van der Waals surface area contributed by atoms with E-state index >= 15 is 0 Å². The SMILES string of the molecule is CCC(C)C1CN(C(CC)CC)C(C2CC2)CN1. The Hall–Kier alpha value is -0.0800. The van der Waals surface area contributed by atoms with Crippen molar-refractivity contribution in [3.8, 4) is 0 Å². The molecule has 18 heavy (non-hydrogen) atoms. The fraction of sp³-hybridized carbons (Fsp3) is 1.00. The van der Waals surface area contributed by atoms with Crippen LogP contribution < -0.4 is 5.32 Å². The van der Waals surface area contributed by atoms with Crippen molar-refractivity contribution < 1.29 is 0 Å². The second-order valence-corrected chi connectivity index (χ2v) is 6.47. The molecule has 0 aromatic rings. The molecule has 3 atom stereocenters. The molecule has 2 heteroatoms. The zero-order valence-corrected chi connectivity index (χ0v) is 12.8. The van der Waals surface area contributed by atoms with Gasteiger partial charge < -0.3 is 5.32 Å². The van der Waals surface area contributed by atoms with Crippen molar-refractivity contribution in [2.45, 2.75) is 77.9 Å². The van der Waals surface area contributed by atoms with Crippen LogP contribution in [-0.2, 0) is 0 Å². The number of nitrogens with zero attached hydrogens (tertiary/aromatic N) is 1. The normalized spacial score (nSPS) is 31.8. The van der Waals surface area contributed by atoms with Gasteiger partial charge in [0.05, 0.1) is 0 Å². The highest BCUT2D eigenvalue weighted by Crippen LogP contribution is 2.38. The number of rotatable bonds is 6. The first-order chi connectivity index (χ1) is 8.71. The first-order valence-electron chi connectivity index (χ1n) is 8.20. The molecule has 0 aromatic heterocycles. The van der Waals surface area contributed by atoms with Crippen LogP contribution in [0.25, 0.3) is 0 Å². The number of hydrogen-bond acceptors (Lipinski definition) is 2. The maximum atomic E-state index is 3.83. The molecular formula is C16H32N2. The van der Waals surface area contributed by atoms with Gasteiger partial charge in [-0.1, -0.05) is 34.1 Å². The third kappa shape index (κ3) is 3.08. The monoisotopic (exact) mass is 252 g/mol. The van der Waals surface area contributed by atoms with Crippen LogP contribution in [0.2, 0.25) is 0 Å². The quantitative estimate of drug-likeness (QED) is 0.780. The third-order valence-corrected chi connectivity index (χ3v) is 5.33. The Kier molecular flexibility index (Phi) is 5.08. The van der Waals surface area contributed by atoms with Gasteiger partial charge in [0.25, 0.3) is 0 Å². The van der Waals surface area contributed by atoms with E-state index in [2.05, 4.69) is 37.9 Å². The Bertz CT molecular complexity index is 245. The van der Waals surface area contributed by atoms with E-state index < -0.39 is 0 Å². The zero-order chi connectivity index (χ0) is 13.1. The molecule has 2 aliphatic rings. The molecule has 1 aliphatic heterocycles. The highest BCUT2D eigenvalue weighted by atomic mass is 15.3. The van der Waals surface area contributed by atoms with Gasteiger partial charge in [-0.05, 0) is 37.5 Å². The summed E-state index contributed by atoms with van der Waals surface area (Å²) in [6, 6.07) is 2.35. The number of nitrogens with one attached hydrogen (secondary N) is 1. The summed E-state index contributed by atoms with van der Waals surface area (Å²) in [4.78, 5) is 2.87. The summed E-state index contributed by atoms with van der Waals surface area (Å²) in [7, 11) is 0. The van der Waals surface area contributed by atoms with E-state index in [-0.39, 0.29) is 0 Å². The van der Waals surface area contributed by atoms with Gasteiger partial charge in [0.1, 0.15) is 0 Å². The first kappa shape index (κ1) is 14.3. The van der Waals surface area contributed by atoms with Gasteiger partial charge in [0.15, 0.2) is 0 Å². The summed E-state index contributed by atoms with van der Waals surface area (Å²) in [5, 5.41) is 3.83. The molecule has 1 N–H and O–H groups in total. The summed E-state index contributed by atoms with van der Waals surface area (Å²) in [5.74, 6) is 1.80. The summed E-state index contributed by atoms with van der Waals surface area (Å²) < 4.78 is 0. The summed E-state index contributed by atoms with van der Waals surface area (Å²) >= 11 is 0. The van der Waals surface area contributed by atoms with Crippen molar-refractivity contribution in [3.63, 3.8) is 0 Å². The minimum Gasteiger partial charge on any atom is -0.311 e. The second kappa shape index (κ2) is 6.38. The van der Waals surface area contributed by atoms with Crippen LogP contribution in [-0.4, -0.2) is 36.1 Å². The minimum absolute atomic E-state index is 0.714. The van der Waals surface area contributed by atoms with E-state index in [1.807, 2.05) is 0 Å². The molecule has 0 amide bonds. The predicted molar refractivity (Wildman–Crippen MR) is 78.8 cm³/mol. The van der Waals surface area contributed by atoms with Gasteiger partial charge in [-0.25, -0.2) is 0 Å². The Balaban J connectivity index is 2.02. The average Bonchev–Trinajstić information content (AvgIpc) is 3.23. The highest BCUT2D eigenvalue weighted by molar-refractivity contribution is 4.97. The maximum Gasteiger partial charge on any atom is 0.0252 e. The van der Waals surface area contributed by atoms with E-state index in [1.165, 1.54) is 45.2 Å². The molecule has 1 aliphatic carbocycles. The molecule has 2 fully saturated rings. The van der Waals surface area contributed by atoms with Crippen LogP contribution >= 0.6 is 0 Å². The predicted octanol–water partition coefficient (Wildman–Crippen LogP) is 3.27. The topological polar surface area (TPSA) is 15.3 Å². The Morgan fingerprint density at radius 3 is 2.28 bits per heavy atom. The molecule has 3 unspecified atom stereocenters. The number of piperazine rings is 1. The zero-order valence-electron chi connectivity index (χ0n) is 12.8. The van der Waals surface area contributed by atoms with E-state index in [0.717, 1.165) is 23.9 Å². The molecule has 2 nitrogen and oxygen atoms in total. The fourth-order valence-corrected chi connectivity index (χ4v) is 3.58. The molecule has 0 radical (unpaired) electrons. The van der Waals surface area contributed by atoms with Crippen molar-refractivity contribution in [2.75, 3.05) is 13.1 Å². The molecule has 1 saturated carbocycles. The Morgan fingerprint density at radius 2 is 1.78 bits per heavy atom. The van der Waals surface area contributed by atoms with Crippen LogP contribution in [0.1, 0.15) is 59.8 Å². The van der Waals surface area contributed by atoms with Crippen molar-refractivity contribution in [1.82, 2.24) is 10.2 Å². The smallest absolute Gasteiger partial charge is 0.0252 e. The molecule has 2 rings (SSSR count). The van der Waals surface area contributed by atoms with Crippen LogP contribution in [0.4, 0.5) is 0 Å². The van der Waals surface area contributed by atoms with E-state index in [9.17, 15) is 0 Å². The van der Waals surface area contributed by atoms with E-state index in [4.69, 9.17) is 0 Å². The third-order valence-electron chi connectivity index (χ3n) is 5.33. The Labute approximate surface area is 114 Å². The lowest BCUT2D eigenvalue weighted by Crippen LogP contribution is -2.61. The second-order valence-electron chi connectivity index (χ2n) is 6.47. The lowest BCUT2D eigenvalue weighted by Gasteiger charge is -2.46. The standard InChI is InChI=1S/C16H32N2/c1-5-12(4)15-11-18(14(6-2)7-3)16(10-17-15)13-8-9-13/h12-17H,5-11H2,1-4H3. The highest BCUT2D eigenvalue weighted by Gasteiger charge is 2.41. The van der Waals surface area contributed by atoms with Crippen LogP contribution in [0, 0.1) is 11.8 Å². The van der Waals surface area contributed by atoms with Gasteiger partial charge in [-0.2, -0.15) is 0 Å². The summed E-state index contributed by atoms with van der Waals surface area (Å²) in [5.41, 5.74) is 0. The van der Waals surface area contributed by atoms with Gasteiger partial charge >= 0.3 is 0 Å². The van der Waals surface area contributed by atoms with Crippen molar-refractivity contribution in [3.05, 3.63) is 0 Å². The van der Waals surface area contributed by atoms with E-state index in [0.29, 0.717) is 6.04 Å². The number of hydrogen-bond donors (Lipinski definition) is 1. The van der Waals surface area contributed by atoms with Crippen LogP contribution in [0.3, 0.4) is 0 Å². The Morgan fingerprint density at radius 1 is 1.11 bits per heavy atom. The molecule has 1 saturated heterocycles. The fourth-order valence-electron chi connectivity index (χ4n) is 3.58. The van der Waals surface area contributed by atoms with Crippen molar-refractivity contribution in [1.29, 1.82) is 0 Å². The molecule has 1 heterocycles. The van der Waals surface area contributed by atoms with E-state index in [1.54, 1.807) is 0 Å². The van der Waals surface area contributed by atoms with Crippen LogP contribution in [0.5, 0.6) is 0 Å². The molecule has 106 valence electrons. The lowest BCUT2D eigenvalue weighted by molar-refractivity contribution is 0.0514. The maximum absolute atomic E-state index is 3.83. The minimum atomic E-state index is 0.714. The molecule has 0 spiro atoms. The summed E-state index contributed by atoms with van der Waals surface area (Å²) in [6.45, 7) is 12.0. The first-order valence-corrected chi connectivity index (χ1v) is 8.20. The van der Waals surface area contributed by atoms with Gasteiger partial charge in [-0.15, -0.1) is 0 Å². The largest absolute Gasteiger partial charge is 0.311 e. The lowest BCUT2D eigenvalue weighted by atomic mass is 9.92. The average molecular weight is 252 g/mol. The van der Waals surface area contributed by atoms with Gasteiger partial charge in [0.2, 0.25) is 0 Å². The van der Waals surface area contributed by atoms with Crippen LogP contribution in [0.15, 0.2) is 0 Å². The summed E-state index contributed by atoms with van der Waals surface area (Å²) in [6.07, 6.45) is 6.86. The van der Waals surface area contributed by atoms with Gasteiger partial charge in [0, 0.05) is 31.2 Å². The molecule has 0 aromatic carbocycles. The van der Waals surface area contributed by atoms with Gasteiger partial charge in [-0.3, -0.25) is 4.90 Å². The molecule has 0 bridgehead atoms.